The number of amides is 3. The van der Waals surface area contributed by atoms with Crippen molar-refractivity contribution in [1.82, 2.24) is 10.3 Å². The van der Waals surface area contributed by atoms with Gasteiger partial charge >= 0.3 is 0 Å². The van der Waals surface area contributed by atoms with Crippen LogP contribution in [0.3, 0.4) is 0 Å². The van der Waals surface area contributed by atoms with E-state index in [9.17, 15) is 14.4 Å². The van der Waals surface area contributed by atoms with Crippen LogP contribution in [0.5, 0.6) is 0 Å². The van der Waals surface area contributed by atoms with Gasteiger partial charge in [-0.1, -0.05) is 54.6 Å². The molecule has 0 aliphatic carbocycles. The Morgan fingerprint density at radius 1 is 0.789 bits per heavy atom. The Hall–Kier alpha value is -4.69. The minimum Gasteiger partial charge on any atom is -0.325 e. The third kappa shape index (κ3) is 7.65. The van der Waals surface area contributed by atoms with Crippen molar-refractivity contribution in [3.05, 3.63) is 126 Å². The molecule has 3 N–H and O–H groups in total. The maximum atomic E-state index is 13.3. The number of anilines is 2. The van der Waals surface area contributed by atoms with Gasteiger partial charge in [0, 0.05) is 34.2 Å². The molecule has 1 atom stereocenters. The number of aromatic nitrogens is 1. The summed E-state index contributed by atoms with van der Waals surface area (Å²) in [4.78, 5) is 43.4. The molecule has 1 heterocycles. The summed E-state index contributed by atoms with van der Waals surface area (Å²) in [6, 6.07) is 28.6. The molecule has 0 radical (unpaired) electrons. The van der Waals surface area contributed by atoms with E-state index in [4.69, 9.17) is 0 Å². The van der Waals surface area contributed by atoms with E-state index in [2.05, 4.69) is 20.9 Å². The largest absolute Gasteiger partial charge is 0.325 e. The summed E-state index contributed by atoms with van der Waals surface area (Å²) in [5.41, 5.74) is 2.53. The molecular weight excluding hydrogens is 496 g/mol. The van der Waals surface area contributed by atoms with Crippen LogP contribution in [-0.2, 0) is 9.59 Å². The Labute approximate surface area is 225 Å². The van der Waals surface area contributed by atoms with Crippen molar-refractivity contribution in [2.24, 2.45) is 0 Å². The first-order valence-corrected chi connectivity index (χ1v) is 12.8. The lowest BCUT2D eigenvalue weighted by atomic mass is 10.1. The summed E-state index contributed by atoms with van der Waals surface area (Å²) in [5, 5.41) is 8.07. The maximum absolute atomic E-state index is 13.3. The van der Waals surface area contributed by atoms with Gasteiger partial charge in [-0.05, 0) is 61.0 Å². The first-order chi connectivity index (χ1) is 18.5. The van der Waals surface area contributed by atoms with E-state index in [1.54, 1.807) is 73.1 Å². The lowest BCUT2D eigenvalue weighted by molar-refractivity contribution is -0.115. The van der Waals surface area contributed by atoms with Crippen LogP contribution in [0.1, 0.15) is 22.8 Å². The third-order valence-electron chi connectivity index (χ3n) is 5.36. The van der Waals surface area contributed by atoms with E-state index in [0.29, 0.717) is 16.9 Å². The lowest BCUT2D eigenvalue weighted by Gasteiger charge is -2.14. The van der Waals surface area contributed by atoms with Crippen LogP contribution in [0.2, 0.25) is 0 Å². The van der Waals surface area contributed by atoms with Gasteiger partial charge < -0.3 is 16.0 Å². The van der Waals surface area contributed by atoms with Crippen LogP contribution >= 0.6 is 11.8 Å². The van der Waals surface area contributed by atoms with Gasteiger partial charge in [0.05, 0.1) is 5.25 Å². The highest BCUT2D eigenvalue weighted by molar-refractivity contribution is 8.00. The monoisotopic (exact) mass is 522 g/mol. The molecule has 190 valence electrons. The molecule has 3 aromatic carbocycles. The second-order valence-corrected chi connectivity index (χ2v) is 9.67. The Morgan fingerprint density at radius 3 is 2.18 bits per heavy atom. The molecule has 3 amide bonds. The summed E-state index contributed by atoms with van der Waals surface area (Å²) in [6.45, 7) is 1.81. The second kappa shape index (κ2) is 13.0. The minimum atomic E-state index is -0.469. The standard InChI is InChI=1S/C30H26N4O3S/c1-21(28(35)32-24-15-17-31-18-16-24)38-26-14-8-13-25(20-26)33-30(37)27(19-22-9-4-2-5-10-22)34-29(36)23-11-6-3-7-12-23/h2-21H,1H3,(H,33,37)(H,34,36)(H,31,32,35)/b27-19-. The van der Waals surface area contributed by atoms with Crippen molar-refractivity contribution < 1.29 is 14.4 Å². The fraction of sp³-hybridized carbons (Fsp3) is 0.0667. The van der Waals surface area contributed by atoms with E-state index in [1.165, 1.54) is 11.8 Å². The van der Waals surface area contributed by atoms with Gasteiger partial charge in [-0.3, -0.25) is 19.4 Å². The fourth-order valence-corrected chi connectivity index (χ4v) is 4.37. The predicted octanol–water partition coefficient (Wildman–Crippen LogP) is 5.61. The van der Waals surface area contributed by atoms with Gasteiger partial charge in [0.2, 0.25) is 5.91 Å². The average Bonchev–Trinajstić information content (AvgIpc) is 2.94. The molecule has 0 spiro atoms. The molecule has 0 aliphatic rings. The molecule has 0 bridgehead atoms. The van der Waals surface area contributed by atoms with Crippen LogP contribution in [0.4, 0.5) is 11.4 Å². The zero-order valence-corrected chi connectivity index (χ0v) is 21.4. The van der Waals surface area contributed by atoms with Crippen LogP contribution in [-0.4, -0.2) is 28.0 Å². The summed E-state index contributed by atoms with van der Waals surface area (Å²) in [5.74, 6) is -1.00. The maximum Gasteiger partial charge on any atom is 0.272 e. The Balaban J connectivity index is 1.46. The first-order valence-electron chi connectivity index (χ1n) is 11.9. The highest BCUT2D eigenvalue weighted by Gasteiger charge is 2.17. The van der Waals surface area contributed by atoms with Crippen molar-refractivity contribution in [3.8, 4) is 0 Å². The fourth-order valence-electron chi connectivity index (χ4n) is 3.44. The number of nitrogens with zero attached hydrogens (tertiary/aromatic N) is 1. The topological polar surface area (TPSA) is 100 Å². The third-order valence-corrected chi connectivity index (χ3v) is 6.45. The molecule has 8 heteroatoms. The Bertz CT molecular complexity index is 1430. The zero-order valence-electron chi connectivity index (χ0n) is 20.6. The molecule has 38 heavy (non-hydrogen) atoms. The number of hydrogen-bond donors (Lipinski definition) is 3. The molecule has 1 aromatic heterocycles. The van der Waals surface area contributed by atoms with Crippen LogP contribution in [0.25, 0.3) is 6.08 Å². The number of carbonyl (C=O) groups excluding carboxylic acids is 3. The molecule has 4 rings (SSSR count). The van der Waals surface area contributed by atoms with E-state index in [-0.39, 0.29) is 22.8 Å². The van der Waals surface area contributed by atoms with Crippen molar-refractivity contribution in [2.75, 3.05) is 10.6 Å². The number of benzene rings is 3. The van der Waals surface area contributed by atoms with Crippen molar-refractivity contribution in [2.45, 2.75) is 17.1 Å². The van der Waals surface area contributed by atoms with Gasteiger partial charge in [0.25, 0.3) is 11.8 Å². The molecule has 0 saturated carbocycles. The Morgan fingerprint density at radius 2 is 1.47 bits per heavy atom. The average molecular weight is 523 g/mol. The summed E-state index contributed by atoms with van der Waals surface area (Å²) >= 11 is 1.37. The van der Waals surface area contributed by atoms with Crippen LogP contribution < -0.4 is 16.0 Å². The Kier molecular flexibility index (Phi) is 9.04. The van der Waals surface area contributed by atoms with E-state index in [1.807, 2.05) is 49.4 Å². The molecule has 4 aromatic rings. The minimum absolute atomic E-state index is 0.105. The summed E-state index contributed by atoms with van der Waals surface area (Å²) in [6.07, 6.45) is 4.85. The SMILES string of the molecule is CC(Sc1cccc(NC(=O)/C(=C/c2ccccc2)NC(=O)c2ccccc2)c1)C(=O)Nc1ccncc1. The van der Waals surface area contributed by atoms with Gasteiger partial charge in [0.1, 0.15) is 5.70 Å². The number of nitrogens with one attached hydrogen (secondary N) is 3. The number of rotatable bonds is 9. The number of carbonyl (C=O) groups is 3. The van der Waals surface area contributed by atoms with Crippen LogP contribution in [0, 0.1) is 0 Å². The molecule has 0 fully saturated rings. The molecular formula is C30H26N4O3S. The van der Waals surface area contributed by atoms with Crippen LogP contribution in [0.15, 0.2) is 120 Å². The summed E-state index contributed by atoms with van der Waals surface area (Å²) in [7, 11) is 0. The molecule has 7 nitrogen and oxygen atoms in total. The summed E-state index contributed by atoms with van der Waals surface area (Å²) < 4.78 is 0. The van der Waals surface area contributed by atoms with Crippen molar-refractivity contribution >= 4 is 46.9 Å². The number of hydrogen-bond acceptors (Lipinski definition) is 5. The second-order valence-electron chi connectivity index (χ2n) is 8.26. The highest BCUT2D eigenvalue weighted by Crippen LogP contribution is 2.27. The van der Waals surface area contributed by atoms with Crippen molar-refractivity contribution in [3.63, 3.8) is 0 Å². The normalized spacial score (nSPS) is 11.8. The zero-order chi connectivity index (χ0) is 26.7. The quantitative estimate of drug-likeness (QED) is 0.196. The molecule has 0 aliphatic heterocycles. The van der Waals surface area contributed by atoms with Crippen molar-refractivity contribution in [1.29, 1.82) is 0 Å². The van der Waals surface area contributed by atoms with Gasteiger partial charge in [-0.2, -0.15) is 0 Å². The van der Waals surface area contributed by atoms with Gasteiger partial charge in [0.15, 0.2) is 0 Å². The number of pyridine rings is 1. The molecule has 0 saturated heterocycles. The smallest absolute Gasteiger partial charge is 0.272 e. The van der Waals surface area contributed by atoms with E-state index >= 15 is 0 Å². The van der Waals surface area contributed by atoms with Gasteiger partial charge in [-0.25, -0.2) is 0 Å². The van der Waals surface area contributed by atoms with Gasteiger partial charge in [-0.15, -0.1) is 11.8 Å². The lowest BCUT2D eigenvalue weighted by Crippen LogP contribution is -2.30. The first kappa shape index (κ1) is 26.4. The number of thioether (sulfide) groups is 1. The predicted molar refractivity (Wildman–Crippen MR) is 152 cm³/mol. The molecule has 1 unspecified atom stereocenters. The highest BCUT2D eigenvalue weighted by atomic mass is 32.2. The van der Waals surface area contributed by atoms with E-state index in [0.717, 1.165) is 10.5 Å². The van der Waals surface area contributed by atoms with E-state index < -0.39 is 5.91 Å².